The minimum absolute atomic E-state index is 0.126. The second-order valence-electron chi connectivity index (χ2n) is 8.82. The molecule has 0 radical (unpaired) electrons. The van der Waals surface area contributed by atoms with Crippen molar-refractivity contribution in [2.45, 2.75) is 71.8 Å². The van der Waals surface area contributed by atoms with E-state index in [1.807, 2.05) is 30.3 Å². The number of carbonyl (C=O) groups excluding carboxylic acids is 3. The van der Waals surface area contributed by atoms with Crippen molar-refractivity contribution in [3.8, 4) is 0 Å². The van der Waals surface area contributed by atoms with Crippen molar-refractivity contribution in [3.05, 3.63) is 35.9 Å². The smallest absolute Gasteiger partial charge is 0.407 e. The zero-order valence-corrected chi connectivity index (χ0v) is 18.7. The van der Waals surface area contributed by atoms with E-state index in [4.69, 9.17) is 14.2 Å². The summed E-state index contributed by atoms with van der Waals surface area (Å²) in [6.07, 6.45) is -0.742. The van der Waals surface area contributed by atoms with Gasteiger partial charge in [0.15, 0.2) is 0 Å². The van der Waals surface area contributed by atoms with Crippen LogP contribution in [0.1, 0.15) is 53.5 Å². The number of amides is 1. The molecule has 0 heterocycles. The fourth-order valence-corrected chi connectivity index (χ4v) is 2.30. The standard InChI is InChI=1S/C22H34N2O6/c1-21(2,3)29-19(26)17(23-12-13-24-20(27)30-22(4,5)6)14-18(25)28-15-16-10-8-7-9-11-16/h7-11,17,23H,12-15H2,1-6H3,(H,24,27)/t17-/m0/s1. The summed E-state index contributed by atoms with van der Waals surface area (Å²) in [4.78, 5) is 36.4. The van der Waals surface area contributed by atoms with E-state index in [-0.39, 0.29) is 26.1 Å². The Labute approximate surface area is 178 Å². The van der Waals surface area contributed by atoms with Crippen molar-refractivity contribution >= 4 is 18.0 Å². The predicted molar refractivity (Wildman–Crippen MR) is 113 cm³/mol. The minimum Gasteiger partial charge on any atom is -0.461 e. The molecule has 0 bridgehead atoms. The number of carbonyl (C=O) groups is 3. The largest absolute Gasteiger partial charge is 0.461 e. The van der Waals surface area contributed by atoms with Gasteiger partial charge in [0.25, 0.3) is 0 Å². The molecule has 1 amide bonds. The average Bonchev–Trinajstić information content (AvgIpc) is 2.60. The summed E-state index contributed by atoms with van der Waals surface area (Å²) in [5.74, 6) is -1.08. The van der Waals surface area contributed by atoms with Gasteiger partial charge in [0, 0.05) is 13.1 Å². The van der Waals surface area contributed by atoms with Gasteiger partial charge in [-0.15, -0.1) is 0 Å². The maximum absolute atomic E-state index is 12.5. The minimum atomic E-state index is -0.895. The molecule has 0 aromatic heterocycles. The van der Waals surface area contributed by atoms with Gasteiger partial charge in [-0.05, 0) is 47.1 Å². The Morgan fingerprint density at radius 1 is 0.900 bits per heavy atom. The lowest BCUT2D eigenvalue weighted by molar-refractivity contribution is -0.161. The van der Waals surface area contributed by atoms with Crippen molar-refractivity contribution in [2.75, 3.05) is 13.1 Å². The average molecular weight is 423 g/mol. The van der Waals surface area contributed by atoms with E-state index in [0.717, 1.165) is 5.56 Å². The summed E-state index contributed by atoms with van der Waals surface area (Å²) in [6.45, 7) is 11.1. The highest BCUT2D eigenvalue weighted by Crippen LogP contribution is 2.11. The fraction of sp³-hybridized carbons (Fsp3) is 0.591. The summed E-state index contributed by atoms with van der Waals surface area (Å²) in [5, 5.41) is 5.53. The molecule has 8 heteroatoms. The lowest BCUT2D eigenvalue weighted by Crippen LogP contribution is -2.46. The highest BCUT2D eigenvalue weighted by atomic mass is 16.6. The first-order valence-electron chi connectivity index (χ1n) is 9.98. The van der Waals surface area contributed by atoms with Crippen LogP contribution < -0.4 is 10.6 Å². The third-order valence-electron chi connectivity index (χ3n) is 3.49. The van der Waals surface area contributed by atoms with Gasteiger partial charge in [0.05, 0.1) is 6.42 Å². The highest BCUT2D eigenvalue weighted by Gasteiger charge is 2.27. The normalized spacial score (nSPS) is 12.6. The lowest BCUT2D eigenvalue weighted by atomic mass is 10.1. The predicted octanol–water partition coefficient (Wildman–Crippen LogP) is 2.94. The van der Waals surface area contributed by atoms with Gasteiger partial charge in [0.2, 0.25) is 0 Å². The van der Waals surface area contributed by atoms with Crippen LogP contribution in [0.5, 0.6) is 0 Å². The Morgan fingerprint density at radius 3 is 2.07 bits per heavy atom. The zero-order chi connectivity index (χ0) is 22.8. The van der Waals surface area contributed by atoms with Crippen LogP contribution in [0, 0.1) is 0 Å². The molecule has 0 spiro atoms. The molecule has 0 saturated heterocycles. The van der Waals surface area contributed by atoms with E-state index in [1.54, 1.807) is 41.5 Å². The van der Waals surface area contributed by atoms with E-state index in [1.165, 1.54) is 0 Å². The molecular formula is C22H34N2O6. The molecule has 8 nitrogen and oxygen atoms in total. The van der Waals surface area contributed by atoms with Gasteiger partial charge in [-0.3, -0.25) is 9.59 Å². The van der Waals surface area contributed by atoms with E-state index in [2.05, 4.69) is 10.6 Å². The topological polar surface area (TPSA) is 103 Å². The molecule has 0 saturated carbocycles. The summed E-state index contributed by atoms with van der Waals surface area (Å²) >= 11 is 0. The summed E-state index contributed by atoms with van der Waals surface area (Å²) in [7, 11) is 0. The number of nitrogens with one attached hydrogen (secondary N) is 2. The van der Waals surface area contributed by atoms with Crippen LogP contribution in [-0.2, 0) is 30.4 Å². The van der Waals surface area contributed by atoms with Gasteiger partial charge in [0.1, 0.15) is 23.9 Å². The van der Waals surface area contributed by atoms with Crippen LogP contribution in [0.4, 0.5) is 4.79 Å². The molecular weight excluding hydrogens is 388 g/mol. The van der Waals surface area contributed by atoms with Crippen LogP contribution in [0.3, 0.4) is 0 Å². The van der Waals surface area contributed by atoms with Gasteiger partial charge < -0.3 is 24.8 Å². The number of ether oxygens (including phenoxy) is 3. The number of alkyl carbamates (subject to hydrolysis) is 1. The number of esters is 2. The van der Waals surface area contributed by atoms with Crippen molar-refractivity contribution in [2.24, 2.45) is 0 Å². The molecule has 168 valence electrons. The molecule has 0 unspecified atom stereocenters. The van der Waals surface area contributed by atoms with Gasteiger partial charge in [-0.1, -0.05) is 30.3 Å². The SMILES string of the molecule is CC(C)(C)OC(=O)NCCN[C@@H](CC(=O)OCc1ccccc1)C(=O)OC(C)(C)C. The molecule has 1 aromatic carbocycles. The summed E-state index contributed by atoms with van der Waals surface area (Å²) < 4.78 is 15.8. The van der Waals surface area contributed by atoms with Crippen molar-refractivity contribution in [1.29, 1.82) is 0 Å². The molecule has 1 aromatic rings. The molecule has 0 aliphatic carbocycles. The Hall–Kier alpha value is -2.61. The molecule has 0 aliphatic heterocycles. The third-order valence-corrected chi connectivity index (χ3v) is 3.49. The van der Waals surface area contributed by atoms with Gasteiger partial charge >= 0.3 is 18.0 Å². The maximum Gasteiger partial charge on any atom is 0.407 e. The number of rotatable bonds is 9. The first-order valence-corrected chi connectivity index (χ1v) is 9.98. The van der Waals surface area contributed by atoms with Crippen molar-refractivity contribution < 1.29 is 28.6 Å². The number of benzene rings is 1. The molecule has 1 atom stereocenters. The van der Waals surface area contributed by atoms with Gasteiger partial charge in [-0.2, -0.15) is 0 Å². The van der Waals surface area contributed by atoms with Gasteiger partial charge in [-0.25, -0.2) is 4.79 Å². The van der Waals surface area contributed by atoms with Crippen LogP contribution in [0.25, 0.3) is 0 Å². The van der Waals surface area contributed by atoms with Crippen molar-refractivity contribution in [3.63, 3.8) is 0 Å². The fourth-order valence-electron chi connectivity index (χ4n) is 2.30. The van der Waals surface area contributed by atoms with Crippen molar-refractivity contribution in [1.82, 2.24) is 10.6 Å². The second-order valence-corrected chi connectivity index (χ2v) is 8.82. The van der Waals surface area contributed by atoms with E-state index in [9.17, 15) is 14.4 Å². The quantitative estimate of drug-likeness (QED) is 0.358. The molecule has 2 N–H and O–H groups in total. The highest BCUT2D eigenvalue weighted by molar-refractivity contribution is 5.83. The third kappa shape index (κ3) is 12.1. The molecule has 0 aliphatic rings. The number of hydrogen-bond acceptors (Lipinski definition) is 7. The monoisotopic (exact) mass is 422 g/mol. The molecule has 1 rings (SSSR count). The summed E-state index contributed by atoms with van der Waals surface area (Å²) in [6, 6.07) is 8.38. The Kier molecular flexibility index (Phi) is 9.78. The second kappa shape index (κ2) is 11.5. The Balaban J connectivity index is 2.56. The maximum atomic E-state index is 12.5. The lowest BCUT2D eigenvalue weighted by Gasteiger charge is -2.24. The Bertz CT molecular complexity index is 692. The first-order chi connectivity index (χ1) is 13.9. The van der Waals surface area contributed by atoms with Crippen LogP contribution in [-0.4, -0.2) is 48.4 Å². The van der Waals surface area contributed by atoms with E-state index < -0.39 is 35.3 Å². The van der Waals surface area contributed by atoms with E-state index in [0.29, 0.717) is 0 Å². The van der Waals surface area contributed by atoms with E-state index >= 15 is 0 Å². The zero-order valence-electron chi connectivity index (χ0n) is 18.7. The Morgan fingerprint density at radius 2 is 1.50 bits per heavy atom. The van der Waals surface area contributed by atoms with Crippen LogP contribution in [0.15, 0.2) is 30.3 Å². The summed E-state index contributed by atoms with van der Waals surface area (Å²) in [5.41, 5.74) is -0.437. The molecule has 30 heavy (non-hydrogen) atoms. The molecule has 0 fully saturated rings. The number of hydrogen-bond donors (Lipinski definition) is 2. The first kappa shape index (κ1) is 25.4. The van der Waals surface area contributed by atoms with Crippen LogP contribution in [0.2, 0.25) is 0 Å². The van der Waals surface area contributed by atoms with Crippen LogP contribution >= 0.6 is 0 Å².